The smallest absolute Gasteiger partial charge is 0.298 e. The molecule has 2 aromatic carbocycles. The zero-order valence-electron chi connectivity index (χ0n) is 13.3. The van der Waals surface area contributed by atoms with Crippen LogP contribution in [0.4, 0.5) is 11.7 Å². The molecule has 0 saturated carbocycles. The second-order valence-electron chi connectivity index (χ2n) is 6.08. The van der Waals surface area contributed by atoms with Crippen molar-refractivity contribution in [2.24, 2.45) is 5.92 Å². The Morgan fingerprint density at radius 1 is 1.04 bits per heavy atom. The highest BCUT2D eigenvalue weighted by molar-refractivity contribution is 5.92. The highest BCUT2D eigenvalue weighted by Gasteiger charge is 2.27. The lowest BCUT2D eigenvalue weighted by Gasteiger charge is -2.30. The molecule has 4 rings (SSSR count). The van der Waals surface area contributed by atoms with Gasteiger partial charge in [0.1, 0.15) is 5.52 Å². The summed E-state index contributed by atoms with van der Waals surface area (Å²) >= 11 is 0. The van der Waals surface area contributed by atoms with E-state index in [-0.39, 0.29) is 11.8 Å². The summed E-state index contributed by atoms with van der Waals surface area (Å²) in [4.78, 5) is 19.0. The second kappa shape index (κ2) is 6.35. The average Bonchev–Trinajstić information content (AvgIpc) is 3.07. The van der Waals surface area contributed by atoms with E-state index in [1.807, 2.05) is 54.6 Å². The van der Waals surface area contributed by atoms with E-state index in [0.29, 0.717) is 6.01 Å². The van der Waals surface area contributed by atoms with E-state index in [9.17, 15) is 4.79 Å². The van der Waals surface area contributed by atoms with E-state index >= 15 is 0 Å². The van der Waals surface area contributed by atoms with Crippen LogP contribution in [-0.4, -0.2) is 24.0 Å². The van der Waals surface area contributed by atoms with Crippen LogP contribution in [0, 0.1) is 5.92 Å². The maximum absolute atomic E-state index is 12.4. The molecule has 1 fully saturated rings. The van der Waals surface area contributed by atoms with Gasteiger partial charge in [0.15, 0.2) is 5.58 Å². The number of carbonyl (C=O) groups is 1. The van der Waals surface area contributed by atoms with E-state index in [1.165, 1.54) is 0 Å². The van der Waals surface area contributed by atoms with Crippen molar-refractivity contribution in [3.8, 4) is 0 Å². The molecular formula is C19H19N3O2. The van der Waals surface area contributed by atoms with Gasteiger partial charge in [-0.2, -0.15) is 4.98 Å². The Bertz CT molecular complexity index is 803. The standard InChI is InChI=1S/C19H19N3O2/c23-18(20-15-6-2-1-3-7-15)14-10-12-22(13-11-14)19-21-16-8-4-5-9-17(16)24-19/h1-9,14H,10-13H2,(H,20,23). The Balaban J connectivity index is 1.38. The molecule has 5 heteroatoms. The number of rotatable bonds is 3. The van der Waals surface area contributed by atoms with Crippen molar-refractivity contribution in [1.82, 2.24) is 4.98 Å². The number of para-hydroxylation sites is 3. The molecule has 1 aliphatic rings. The first-order valence-corrected chi connectivity index (χ1v) is 8.26. The molecule has 0 aliphatic carbocycles. The molecule has 1 N–H and O–H groups in total. The van der Waals surface area contributed by atoms with Crippen LogP contribution in [0.2, 0.25) is 0 Å². The molecule has 1 saturated heterocycles. The number of amides is 1. The summed E-state index contributed by atoms with van der Waals surface area (Å²) in [5, 5.41) is 2.99. The minimum absolute atomic E-state index is 0.0332. The fourth-order valence-electron chi connectivity index (χ4n) is 3.09. The zero-order valence-corrected chi connectivity index (χ0v) is 13.3. The van der Waals surface area contributed by atoms with Crippen LogP contribution in [0.25, 0.3) is 11.1 Å². The minimum Gasteiger partial charge on any atom is -0.423 e. The minimum atomic E-state index is 0.0332. The molecule has 1 aliphatic heterocycles. The quantitative estimate of drug-likeness (QED) is 0.799. The first-order chi connectivity index (χ1) is 11.8. The molecular weight excluding hydrogens is 302 g/mol. The van der Waals surface area contributed by atoms with Crippen molar-refractivity contribution >= 4 is 28.7 Å². The molecule has 1 amide bonds. The Morgan fingerprint density at radius 3 is 2.50 bits per heavy atom. The summed E-state index contributed by atoms with van der Waals surface area (Å²) in [5.74, 6) is 0.129. The lowest BCUT2D eigenvalue weighted by molar-refractivity contribution is -0.120. The maximum Gasteiger partial charge on any atom is 0.298 e. The third-order valence-electron chi connectivity index (χ3n) is 4.46. The summed E-state index contributed by atoms with van der Waals surface area (Å²) in [5.41, 5.74) is 2.52. The van der Waals surface area contributed by atoms with Gasteiger partial charge in [-0.15, -0.1) is 0 Å². The number of anilines is 2. The van der Waals surface area contributed by atoms with Crippen molar-refractivity contribution in [1.29, 1.82) is 0 Å². The molecule has 0 atom stereocenters. The van der Waals surface area contributed by atoms with Gasteiger partial charge < -0.3 is 14.6 Å². The van der Waals surface area contributed by atoms with Gasteiger partial charge in [-0.3, -0.25) is 4.79 Å². The molecule has 3 aromatic rings. The molecule has 2 heterocycles. The predicted octanol–water partition coefficient (Wildman–Crippen LogP) is 3.68. The van der Waals surface area contributed by atoms with E-state index < -0.39 is 0 Å². The summed E-state index contributed by atoms with van der Waals surface area (Å²) in [7, 11) is 0. The highest BCUT2D eigenvalue weighted by Crippen LogP contribution is 2.26. The zero-order chi connectivity index (χ0) is 16.4. The fourth-order valence-corrected chi connectivity index (χ4v) is 3.09. The second-order valence-corrected chi connectivity index (χ2v) is 6.08. The normalized spacial score (nSPS) is 15.6. The molecule has 24 heavy (non-hydrogen) atoms. The number of oxazole rings is 1. The van der Waals surface area contributed by atoms with Gasteiger partial charge in [0.2, 0.25) is 5.91 Å². The Labute approximate surface area is 140 Å². The van der Waals surface area contributed by atoms with Gasteiger partial charge in [-0.25, -0.2) is 0 Å². The number of benzene rings is 2. The van der Waals surface area contributed by atoms with Crippen LogP contribution >= 0.6 is 0 Å². The third-order valence-corrected chi connectivity index (χ3v) is 4.46. The number of nitrogens with one attached hydrogen (secondary N) is 1. The van der Waals surface area contributed by atoms with Crippen molar-refractivity contribution in [2.75, 3.05) is 23.3 Å². The molecule has 122 valence electrons. The van der Waals surface area contributed by atoms with E-state index in [4.69, 9.17) is 4.42 Å². The van der Waals surface area contributed by atoms with Crippen molar-refractivity contribution < 1.29 is 9.21 Å². The van der Waals surface area contributed by atoms with Gasteiger partial charge in [-0.05, 0) is 37.1 Å². The van der Waals surface area contributed by atoms with E-state index in [1.54, 1.807) is 0 Å². The van der Waals surface area contributed by atoms with Crippen molar-refractivity contribution in [3.05, 3.63) is 54.6 Å². The Kier molecular flexibility index (Phi) is 3.91. The van der Waals surface area contributed by atoms with Gasteiger partial charge >= 0.3 is 0 Å². The van der Waals surface area contributed by atoms with E-state index in [0.717, 1.165) is 42.7 Å². The number of hydrogen-bond donors (Lipinski definition) is 1. The lowest BCUT2D eigenvalue weighted by Crippen LogP contribution is -2.38. The van der Waals surface area contributed by atoms with Crippen molar-refractivity contribution in [3.63, 3.8) is 0 Å². The molecule has 5 nitrogen and oxygen atoms in total. The molecule has 1 aromatic heterocycles. The molecule has 0 spiro atoms. The monoisotopic (exact) mass is 321 g/mol. The summed E-state index contributed by atoms with van der Waals surface area (Å²) in [6.45, 7) is 1.55. The summed E-state index contributed by atoms with van der Waals surface area (Å²) < 4.78 is 5.81. The van der Waals surface area contributed by atoms with Crippen molar-refractivity contribution in [2.45, 2.75) is 12.8 Å². The van der Waals surface area contributed by atoms with Crippen LogP contribution in [0.5, 0.6) is 0 Å². The number of fused-ring (bicyclic) bond motifs is 1. The summed E-state index contributed by atoms with van der Waals surface area (Å²) in [6.07, 6.45) is 1.61. The van der Waals surface area contributed by atoms with Crippen LogP contribution < -0.4 is 10.2 Å². The fraction of sp³-hybridized carbons (Fsp3) is 0.263. The van der Waals surface area contributed by atoms with Crippen LogP contribution in [-0.2, 0) is 4.79 Å². The number of nitrogens with zero attached hydrogens (tertiary/aromatic N) is 2. The SMILES string of the molecule is O=C(Nc1ccccc1)C1CCN(c2nc3ccccc3o2)CC1. The number of hydrogen-bond acceptors (Lipinski definition) is 4. The largest absolute Gasteiger partial charge is 0.423 e. The number of carbonyl (C=O) groups excluding carboxylic acids is 1. The molecule has 0 unspecified atom stereocenters. The Morgan fingerprint density at radius 2 is 1.75 bits per heavy atom. The topological polar surface area (TPSA) is 58.4 Å². The third kappa shape index (κ3) is 2.97. The van der Waals surface area contributed by atoms with Gasteiger partial charge in [-0.1, -0.05) is 30.3 Å². The Hall–Kier alpha value is -2.82. The average molecular weight is 321 g/mol. The highest BCUT2D eigenvalue weighted by atomic mass is 16.4. The predicted molar refractivity (Wildman–Crippen MR) is 94.0 cm³/mol. The van der Waals surface area contributed by atoms with Crippen LogP contribution in [0.3, 0.4) is 0 Å². The number of piperidine rings is 1. The van der Waals surface area contributed by atoms with Gasteiger partial charge in [0.25, 0.3) is 6.01 Å². The van der Waals surface area contributed by atoms with Gasteiger partial charge in [0, 0.05) is 24.7 Å². The number of aromatic nitrogens is 1. The first-order valence-electron chi connectivity index (χ1n) is 8.26. The van der Waals surface area contributed by atoms with Crippen LogP contribution in [0.15, 0.2) is 59.0 Å². The lowest BCUT2D eigenvalue weighted by atomic mass is 9.96. The first kappa shape index (κ1) is 14.8. The van der Waals surface area contributed by atoms with Gasteiger partial charge in [0.05, 0.1) is 0 Å². The van der Waals surface area contributed by atoms with Crippen LogP contribution in [0.1, 0.15) is 12.8 Å². The maximum atomic E-state index is 12.4. The molecule has 0 bridgehead atoms. The summed E-state index contributed by atoms with van der Waals surface area (Å²) in [6, 6.07) is 18.0. The van der Waals surface area contributed by atoms with E-state index in [2.05, 4.69) is 15.2 Å². The molecule has 0 radical (unpaired) electrons.